The van der Waals surface area contributed by atoms with Gasteiger partial charge in [-0.05, 0) is 37.6 Å². The molecular formula is C18H21NO6. The minimum Gasteiger partial charge on any atom is -0.486 e. The molecule has 1 amide bonds. The van der Waals surface area contributed by atoms with Crippen LogP contribution < -0.4 is 19.5 Å². The molecule has 0 spiro atoms. The number of carbonyl (C=O) groups is 1. The Morgan fingerprint density at radius 2 is 2.08 bits per heavy atom. The highest BCUT2D eigenvalue weighted by atomic mass is 16.7. The number of furan rings is 1. The van der Waals surface area contributed by atoms with Crippen molar-refractivity contribution in [3.8, 4) is 17.2 Å². The monoisotopic (exact) mass is 347 g/mol. The molecule has 1 aromatic heterocycles. The summed E-state index contributed by atoms with van der Waals surface area (Å²) < 4.78 is 26.9. The van der Waals surface area contributed by atoms with Gasteiger partial charge in [-0.2, -0.15) is 0 Å². The van der Waals surface area contributed by atoms with Gasteiger partial charge in [0.2, 0.25) is 6.79 Å². The lowest BCUT2D eigenvalue weighted by Crippen LogP contribution is -2.24. The third-order valence-corrected chi connectivity index (χ3v) is 3.57. The van der Waals surface area contributed by atoms with E-state index in [1.54, 1.807) is 30.3 Å². The van der Waals surface area contributed by atoms with Crippen molar-refractivity contribution < 1.29 is 28.2 Å². The van der Waals surface area contributed by atoms with Crippen molar-refractivity contribution in [1.29, 1.82) is 0 Å². The summed E-state index contributed by atoms with van der Waals surface area (Å²) >= 11 is 0. The summed E-state index contributed by atoms with van der Waals surface area (Å²) in [5.74, 6) is 2.59. The lowest BCUT2D eigenvalue weighted by molar-refractivity contribution is 0.0913. The first-order valence-corrected chi connectivity index (χ1v) is 8.23. The first-order valence-electron chi connectivity index (χ1n) is 8.23. The molecule has 0 saturated heterocycles. The van der Waals surface area contributed by atoms with Crippen LogP contribution in [0.3, 0.4) is 0 Å². The summed E-state index contributed by atoms with van der Waals surface area (Å²) in [6.07, 6.45) is 0.764. The topological polar surface area (TPSA) is 79.2 Å². The molecule has 134 valence electrons. The summed E-state index contributed by atoms with van der Waals surface area (Å²) in [6.45, 7) is 4.23. The van der Waals surface area contributed by atoms with Gasteiger partial charge in [0.1, 0.15) is 18.1 Å². The Bertz CT molecular complexity index is 711. The Balaban J connectivity index is 1.46. The van der Waals surface area contributed by atoms with Crippen LogP contribution in [0.4, 0.5) is 0 Å². The number of hydrogen-bond donors (Lipinski definition) is 1. The second kappa shape index (κ2) is 8.43. The van der Waals surface area contributed by atoms with Crippen LogP contribution in [0.5, 0.6) is 17.2 Å². The Morgan fingerprint density at radius 1 is 1.20 bits per heavy atom. The van der Waals surface area contributed by atoms with Crippen LogP contribution in [-0.4, -0.2) is 32.5 Å². The maximum Gasteiger partial charge on any atom is 0.286 e. The number of ether oxygens (including phenoxy) is 4. The van der Waals surface area contributed by atoms with E-state index < -0.39 is 0 Å². The number of fused-ring (bicyclic) bond motifs is 1. The summed E-state index contributed by atoms with van der Waals surface area (Å²) in [5, 5.41) is 2.79. The molecule has 3 rings (SSSR count). The van der Waals surface area contributed by atoms with Crippen molar-refractivity contribution in [1.82, 2.24) is 5.32 Å². The minimum atomic E-state index is -0.245. The van der Waals surface area contributed by atoms with E-state index >= 15 is 0 Å². The fourth-order valence-corrected chi connectivity index (χ4v) is 2.31. The molecule has 0 aliphatic carbocycles. The van der Waals surface area contributed by atoms with Crippen molar-refractivity contribution in [2.24, 2.45) is 0 Å². The Morgan fingerprint density at radius 3 is 2.96 bits per heavy atom. The van der Waals surface area contributed by atoms with E-state index in [1.165, 1.54) is 0 Å². The van der Waals surface area contributed by atoms with E-state index in [1.807, 2.05) is 6.92 Å². The molecule has 0 fully saturated rings. The summed E-state index contributed by atoms with van der Waals surface area (Å²) in [4.78, 5) is 12.0. The van der Waals surface area contributed by atoms with Gasteiger partial charge in [0.25, 0.3) is 5.91 Å². The Hall–Kier alpha value is -2.67. The lowest BCUT2D eigenvalue weighted by Gasteiger charge is -2.05. The number of hydrogen-bond acceptors (Lipinski definition) is 6. The fourth-order valence-electron chi connectivity index (χ4n) is 2.31. The Labute approximate surface area is 145 Å². The standard InChI is InChI=1S/C18H21NO6/c1-2-21-9-3-8-19-18(20)16-7-5-14(25-16)11-22-13-4-6-15-17(10-13)24-12-23-15/h4-7,10H,2-3,8-9,11-12H2,1H3,(H,19,20). The highest BCUT2D eigenvalue weighted by Crippen LogP contribution is 2.35. The first-order chi connectivity index (χ1) is 12.3. The smallest absolute Gasteiger partial charge is 0.286 e. The predicted octanol–water partition coefficient (Wildman–Crippen LogP) is 2.74. The molecule has 0 saturated carbocycles. The van der Waals surface area contributed by atoms with Crippen molar-refractivity contribution in [3.63, 3.8) is 0 Å². The van der Waals surface area contributed by atoms with Crippen molar-refractivity contribution >= 4 is 5.91 Å². The molecule has 1 aromatic carbocycles. The van der Waals surface area contributed by atoms with Gasteiger partial charge in [-0.1, -0.05) is 0 Å². The molecular weight excluding hydrogens is 326 g/mol. The number of carbonyl (C=O) groups excluding carboxylic acids is 1. The summed E-state index contributed by atoms with van der Waals surface area (Å²) in [7, 11) is 0. The maximum absolute atomic E-state index is 12.0. The van der Waals surface area contributed by atoms with Crippen LogP contribution in [0.25, 0.3) is 0 Å². The number of amides is 1. The molecule has 0 unspecified atom stereocenters. The van der Waals surface area contributed by atoms with E-state index in [2.05, 4.69) is 5.32 Å². The van der Waals surface area contributed by atoms with Gasteiger partial charge in [-0.3, -0.25) is 4.79 Å². The summed E-state index contributed by atoms with van der Waals surface area (Å²) in [6, 6.07) is 8.71. The van der Waals surface area contributed by atoms with Gasteiger partial charge in [-0.25, -0.2) is 0 Å². The zero-order valence-corrected chi connectivity index (χ0v) is 14.1. The average molecular weight is 347 g/mol. The van der Waals surface area contributed by atoms with Gasteiger partial charge in [-0.15, -0.1) is 0 Å². The van der Waals surface area contributed by atoms with Gasteiger partial charge < -0.3 is 28.7 Å². The molecule has 1 aliphatic heterocycles. The molecule has 25 heavy (non-hydrogen) atoms. The second-order valence-electron chi connectivity index (χ2n) is 5.38. The van der Waals surface area contributed by atoms with Crippen molar-refractivity contribution in [2.45, 2.75) is 20.0 Å². The van der Waals surface area contributed by atoms with Gasteiger partial charge >= 0.3 is 0 Å². The molecule has 0 atom stereocenters. The number of benzene rings is 1. The minimum absolute atomic E-state index is 0.220. The van der Waals surface area contributed by atoms with E-state index in [0.717, 1.165) is 6.42 Å². The van der Waals surface area contributed by atoms with Crippen molar-refractivity contribution in [3.05, 3.63) is 41.9 Å². The van der Waals surface area contributed by atoms with Crippen molar-refractivity contribution in [2.75, 3.05) is 26.6 Å². The van der Waals surface area contributed by atoms with Gasteiger partial charge in [0.05, 0.1) is 0 Å². The molecule has 7 nitrogen and oxygen atoms in total. The quantitative estimate of drug-likeness (QED) is 0.703. The predicted molar refractivity (Wildman–Crippen MR) is 89.0 cm³/mol. The highest BCUT2D eigenvalue weighted by Gasteiger charge is 2.15. The number of nitrogens with one attached hydrogen (secondary N) is 1. The molecule has 0 radical (unpaired) electrons. The normalized spacial score (nSPS) is 12.2. The van der Waals surface area contributed by atoms with Crippen LogP contribution in [0.1, 0.15) is 29.7 Å². The third kappa shape index (κ3) is 4.67. The van der Waals surface area contributed by atoms with Crippen LogP contribution in [0.15, 0.2) is 34.7 Å². The van der Waals surface area contributed by atoms with E-state index in [-0.39, 0.29) is 25.1 Å². The SMILES string of the molecule is CCOCCCNC(=O)c1ccc(COc2ccc3c(c2)OCO3)o1. The van der Waals surface area contributed by atoms with E-state index in [4.69, 9.17) is 23.4 Å². The second-order valence-corrected chi connectivity index (χ2v) is 5.38. The van der Waals surface area contributed by atoms with Gasteiger partial charge in [0, 0.05) is 25.8 Å². The average Bonchev–Trinajstić information content (AvgIpc) is 3.28. The zero-order chi connectivity index (χ0) is 17.5. The molecule has 0 bridgehead atoms. The Kier molecular flexibility index (Phi) is 5.79. The molecule has 1 aliphatic rings. The van der Waals surface area contributed by atoms with Crippen LogP contribution >= 0.6 is 0 Å². The van der Waals surface area contributed by atoms with Crippen LogP contribution in [0.2, 0.25) is 0 Å². The van der Waals surface area contributed by atoms with Gasteiger partial charge in [0.15, 0.2) is 17.3 Å². The summed E-state index contributed by atoms with van der Waals surface area (Å²) in [5.41, 5.74) is 0. The molecule has 2 heterocycles. The van der Waals surface area contributed by atoms with Crippen LogP contribution in [-0.2, 0) is 11.3 Å². The van der Waals surface area contributed by atoms with Crippen LogP contribution in [0, 0.1) is 0 Å². The zero-order valence-electron chi connectivity index (χ0n) is 14.1. The molecule has 7 heteroatoms. The highest BCUT2D eigenvalue weighted by molar-refractivity contribution is 5.91. The van der Waals surface area contributed by atoms with E-state index in [9.17, 15) is 4.79 Å². The fraction of sp³-hybridized carbons (Fsp3) is 0.389. The maximum atomic E-state index is 12.0. The molecule has 1 N–H and O–H groups in total. The lowest BCUT2D eigenvalue weighted by atomic mass is 10.3. The molecule has 2 aromatic rings. The first kappa shape index (κ1) is 17.2. The van der Waals surface area contributed by atoms with E-state index in [0.29, 0.717) is 42.8 Å². The third-order valence-electron chi connectivity index (χ3n) is 3.57. The number of rotatable bonds is 9. The largest absolute Gasteiger partial charge is 0.486 e.